The lowest BCUT2D eigenvalue weighted by molar-refractivity contribution is -0.690. The number of pyridine rings is 1. The molecule has 3 rings (SSSR count). The SMILES string of the molecule is O=C(Cc1cccc[n+]1CC(=O)c1ccccc1)c1ccccc1. The number of nitrogens with zero attached hydrogens (tertiary/aromatic N) is 1. The second-order valence-electron chi connectivity index (χ2n) is 5.58. The molecule has 0 atom stereocenters. The predicted molar refractivity (Wildman–Crippen MR) is 91.9 cm³/mol. The molecule has 0 radical (unpaired) electrons. The van der Waals surface area contributed by atoms with Crippen LogP contribution in [0.4, 0.5) is 0 Å². The molecule has 0 fully saturated rings. The molecule has 2 aromatic carbocycles. The van der Waals surface area contributed by atoms with Gasteiger partial charge in [-0.3, -0.25) is 9.59 Å². The zero-order valence-electron chi connectivity index (χ0n) is 13.3. The van der Waals surface area contributed by atoms with E-state index in [1.807, 2.05) is 77.5 Å². The Morgan fingerprint density at radius 1 is 0.667 bits per heavy atom. The van der Waals surface area contributed by atoms with Crippen molar-refractivity contribution < 1.29 is 14.2 Å². The summed E-state index contributed by atoms with van der Waals surface area (Å²) in [7, 11) is 0. The van der Waals surface area contributed by atoms with Crippen molar-refractivity contribution in [2.75, 3.05) is 0 Å². The van der Waals surface area contributed by atoms with E-state index in [1.54, 1.807) is 12.1 Å². The molecule has 0 aliphatic rings. The van der Waals surface area contributed by atoms with Crippen LogP contribution in [0, 0.1) is 0 Å². The summed E-state index contributed by atoms with van der Waals surface area (Å²) in [6.07, 6.45) is 2.11. The molecule has 1 aromatic heterocycles. The van der Waals surface area contributed by atoms with Gasteiger partial charge in [0, 0.05) is 23.3 Å². The molecule has 118 valence electrons. The quantitative estimate of drug-likeness (QED) is 0.517. The number of rotatable bonds is 6. The molecule has 3 heteroatoms. The molecule has 3 aromatic rings. The van der Waals surface area contributed by atoms with Crippen LogP contribution < -0.4 is 4.57 Å². The van der Waals surface area contributed by atoms with Crippen LogP contribution in [0.2, 0.25) is 0 Å². The first kappa shape index (κ1) is 15.8. The van der Waals surface area contributed by atoms with Crippen molar-refractivity contribution >= 4 is 11.6 Å². The standard InChI is InChI=1S/C21H18NO2/c23-20(17-9-3-1-4-10-17)15-19-13-7-8-14-22(19)16-21(24)18-11-5-2-6-12-18/h1-14H,15-16H2/q+1. The van der Waals surface area contributed by atoms with Crippen LogP contribution in [-0.2, 0) is 13.0 Å². The maximum atomic E-state index is 12.4. The number of benzene rings is 2. The van der Waals surface area contributed by atoms with Gasteiger partial charge in [0.15, 0.2) is 17.7 Å². The smallest absolute Gasteiger partial charge is 0.227 e. The zero-order valence-corrected chi connectivity index (χ0v) is 13.3. The molecule has 3 nitrogen and oxygen atoms in total. The van der Waals surface area contributed by atoms with Gasteiger partial charge in [-0.15, -0.1) is 0 Å². The lowest BCUT2D eigenvalue weighted by atomic mass is 10.1. The van der Waals surface area contributed by atoms with Crippen molar-refractivity contribution in [3.63, 3.8) is 0 Å². The third kappa shape index (κ3) is 3.82. The van der Waals surface area contributed by atoms with Gasteiger partial charge in [-0.25, -0.2) is 0 Å². The van der Waals surface area contributed by atoms with Gasteiger partial charge in [0.05, 0.1) is 6.42 Å². The molecule has 0 N–H and O–H groups in total. The van der Waals surface area contributed by atoms with Gasteiger partial charge >= 0.3 is 0 Å². The maximum absolute atomic E-state index is 12.4. The highest BCUT2D eigenvalue weighted by Gasteiger charge is 2.18. The van der Waals surface area contributed by atoms with Gasteiger partial charge in [-0.2, -0.15) is 4.57 Å². The van der Waals surface area contributed by atoms with E-state index in [2.05, 4.69) is 0 Å². The van der Waals surface area contributed by atoms with Crippen LogP contribution in [0.25, 0.3) is 0 Å². The number of carbonyl (C=O) groups is 2. The van der Waals surface area contributed by atoms with Gasteiger partial charge in [0.1, 0.15) is 0 Å². The Morgan fingerprint density at radius 2 is 1.21 bits per heavy atom. The van der Waals surface area contributed by atoms with Crippen LogP contribution >= 0.6 is 0 Å². The second kappa shape index (κ2) is 7.47. The van der Waals surface area contributed by atoms with Crippen molar-refractivity contribution in [1.29, 1.82) is 0 Å². The Labute approximate surface area is 141 Å². The van der Waals surface area contributed by atoms with E-state index in [-0.39, 0.29) is 24.5 Å². The number of hydrogen-bond acceptors (Lipinski definition) is 2. The lowest BCUT2D eigenvalue weighted by Gasteiger charge is -2.04. The van der Waals surface area contributed by atoms with Gasteiger partial charge < -0.3 is 0 Å². The number of aromatic nitrogens is 1. The highest BCUT2D eigenvalue weighted by molar-refractivity contribution is 5.97. The second-order valence-corrected chi connectivity index (χ2v) is 5.58. The van der Waals surface area contributed by atoms with Gasteiger partial charge in [0.2, 0.25) is 12.3 Å². The van der Waals surface area contributed by atoms with E-state index in [0.717, 1.165) is 5.69 Å². The first-order valence-corrected chi connectivity index (χ1v) is 7.88. The van der Waals surface area contributed by atoms with Crippen molar-refractivity contribution in [2.45, 2.75) is 13.0 Å². The molecule has 0 aliphatic heterocycles. The topological polar surface area (TPSA) is 38.0 Å². The van der Waals surface area contributed by atoms with Gasteiger partial charge in [-0.05, 0) is 0 Å². The normalized spacial score (nSPS) is 10.3. The van der Waals surface area contributed by atoms with E-state index < -0.39 is 0 Å². The van der Waals surface area contributed by atoms with Crippen LogP contribution in [0.15, 0.2) is 85.1 Å². The molecule has 1 heterocycles. The van der Waals surface area contributed by atoms with Crippen LogP contribution in [-0.4, -0.2) is 11.6 Å². The molecule has 24 heavy (non-hydrogen) atoms. The summed E-state index contributed by atoms with van der Waals surface area (Å²) in [6.45, 7) is 0.224. The van der Waals surface area contributed by atoms with E-state index in [9.17, 15) is 9.59 Å². The summed E-state index contributed by atoms with van der Waals surface area (Å²) < 4.78 is 1.84. The first-order chi connectivity index (χ1) is 11.7. The molecule has 0 unspecified atom stereocenters. The van der Waals surface area contributed by atoms with E-state index in [0.29, 0.717) is 11.1 Å². The number of ketones is 2. The fraction of sp³-hybridized carbons (Fsp3) is 0.0952. The fourth-order valence-electron chi connectivity index (χ4n) is 2.59. The highest BCUT2D eigenvalue weighted by Crippen LogP contribution is 2.06. The zero-order chi connectivity index (χ0) is 16.8. The minimum Gasteiger partial charge on any atom is -0.294 e. The van der Waals surface area contributed by atoms with Crippen molar-refractivity contribution in [3.8, 4) is 0 Å². The summed E-state index contributed by atoms with van der Waals surface area (Å²) in [5, 5.41) is 0. The molecule has 0 spiro atoms. The third-order valence-corrected chi connectivity index (χ3v) is 3.88. The number of hydrogen-bond donors (Lipinski definition) is 0. The molecular weight excluding hydrogens is 298 g/mol. The monoisotopic (exact) mass is 316 g/mol. The highest BCUT2D eigenvalue weighted by atomic mass is 16.1. The summed E-state index contributed by atoms with van der Waals surface area (Å²) >= 11 is 0. The van der Waals surface area contributed by atoms with Crippen molar-refractivity contribution in [2.24, 2.45) is 0 Å². The minimum absolute atomic E-state index is 0.0280. The first-order valence-electron chi connectivity index (χ1n) is 7.88. The van der Waals surface area contributed by atoms with Crippen LogP contribution in [0.3, 0.4) is 0 Å². The largest absolute Gasteiger partial charge is 0.294 e. The van der Waals surface area contributed by atoms with E-state index >= 15 is 0 Å². The summed E-state index contributed by atoms with van der Waals surface area (Å²) in [6, 6.07) is 24.1. The third-order valence-electron chi connectivity index (χ3n) is 3.88. The molecule has 0 bridgehead atoms. The molecular formula is C21H18NO2+. The summed E-state index contributed by atoms with van der Waals surface area (Å²) in [4.78, 5) is 24.8. The van der Waals surface area contributed by atoms with Crippen molar-refractivity contribution in [1.82, 2.24) is 0 Å². The summed E-state index contributed by atoms with van der Waals surface area (Å²) in [5.41, 5.74) is 2.19. The lowest BCUT2D eigenvalue weighted by Crippen LogP contribution is -2.42. The average Bonchev–Trinajstić information content (AvgIpc) is 2.64. The average molecular weight is 316 g/mol. The maximum Gasteiger partial charge on any atom is 0.227 e. The number of carbonyl (C=O) groups excluding carboxylic acids is 2. The Balaban J connectivity index is 1.78. The van der Waals surface area contributed by atoms with Crippen molar-refractivity contribution in [3.05, 3.63) is 102 Å². The summed E-state index contributed by atoms with van der Waals surface area (Å²) in [5.74, 6) is 0.0721. The van der Waals surface area contributed by atoms with Crippen LogP contribution in [0.1, 0.15) is 26.4 Å². The van der Waals surface area contributed by atoms with E-state index in [4.69, 9.17) is 0 Å². The Hall–Kier alpha value is -3.07. The molecule has 0 saturated heterocycles. The Morgan fingerprint density at radius 3 is 1.83 bits per heavy atom. The van der Waals surface area contributed by atoms with Gasteiger partial charge in [-0.1, -0.05) is 66.7 Å². The Bertz CT molecular complexity index is 769. The van der Waals surface area contributed by atoms with Gasteiger partial charge in [0.25, 0.3) is 0 Å². The number of Topliss-reactive ketones (excluding diaryl/α,β-unsaturated/α-hetero) is 2. The molecule has 0 saturated carbocycles. The molecule has 0 aliphatic carbocycles. The van der Waals surface area contributed by atoms with E-state index in [1.165, 1.54) is 0 Å². The predicted octanol–water partition coefficient (Wildman–Crippen LogP) is 3.28. The molecule has 0 amide bonds. The van der Waals surface area contributed by atoms with Crippen LogP contribution in [0.5, 0.6) is 0 Å². The minimum atomic E-state index is 0.0280. The fourth-order valence-corrected chi connectivity index (χ4v) is 2.59. The Kier molecular flexibility index (Phi) is 4.92.